The zero-order valence-corrected chi connectivity index (χ0v) is 15.5. The fourth-order valence-electron chi connectivity index (χ4n) is 3.98. The minimum Gasteiger partial charge on any atom is -0.372 e. The van der Waals surface area contributed by atoms with Crippen molar-refractivity contribution in [2.24, 2.45) is 11.7 Å². The third kappa shape index (κ3) is 4.24. The fourth-order valence-corrected chi connectivity index (χ4v) is 3.98. The molecule has 142 valence electrons. The Kier molecular flexibility index (Phi) is 6.27. The summed E-state index contributed by atoms with van der Waals surface area (Å²) in [5.74, 6) is 0.404. The maximum atomic E-state index is 12.9. The van der Waals surface area contributed by atoms with Crippen molar-refractivity contribution in [3.05, 3.63) is 35.9 Å². The summed E-state index contributed by atoms with van der Waals surface area (Å²) in [7, 11) is 0. The number of likely N-dealkylation sites (tertiary alicyclic amines) is 2. The topological polar surface area (TPSA) is 75.9 Å². The Morgan fingerprint density at radius 2 is 1.81 bits per heavy atom. The maximum Gasteiger partial charge on any atom is 0.248 e. The van der Waals surface area contributed by atoms with Crippen molar-refractivity contribution >= 4 is 11.8 Å². The van der Waals surface area contributed by atoms with E-state index in [-0.39, 0.29) is 36.3 Å². The molecular formula is C20H29N3O3. The van der Waals surface area contributed by atoms with Crippen molar-refractivity contribution in [1.82, 2.24) is 9.80 Å². The van der Waals surface area contributed by atoms with Gasteiger partial charge in [-0.25, -0.2) is 0 Å². The average molecular weight is 359 g/mol. The standard InChI is InChI=1S/C20H29N3O3/c1-2-26-14-19(24)22-10-8-16(9-11-22)20(25)23-12-17(18(21)13-23)15-6-4-3-5-7-15/h3-7,16-18H,2,8-14,21H2,1H3. The van der Waals surface area contributed by atoms with Crippen LogP contribution in [0, 0.1) is 5.92 Å². The smallest absolute Gasteiger partial charge is 0.248 e. The van der Waals surface area contributed by atoms with Gasteiger partial charge >= 0.3 is 0 Å². The van der Waals surface area contributed by atoms with E-state index in [0.29, 0.717) is 32.8 Å². The first-order valence-corrected chi connectivity index (χ1v) is 9.55. The molecule has 2 amide bonds. The van der Waals surface area contributed by atoms with Gasteiger partial charge in [0.05, 0.1) is 0 Å². The molecule has 2 atom stereocenters. The minimum absolute atomic E-state index is 0.00660. The molecule has 0 aromatic heterocycles. The number of nitrogens with two attached hydrogens (primary N) is 1. The number of hydrogen-bond acceptors (Lipinski definition) is 4. The summed E-state index contributed by atoms with van der Waals surface area (Å²) in [4.78, 5) is 28.7. The number of ether oxygens (including phenoxy) is 1. The van der Waals surface area contributed by atoms with Crippen LogP contribution in [0.4, 0.5) is 0 Å². The highest BCUT2D eigenvalue weighted by atomic mass is 16.5. The van der Waals surface area contributed by atoms with Gasteiger partial charge in [-0.1, -0.05) is 30.3 Å². The van der Waals surface area contributed by atoms with Crippen molar-refractivity contribution in [2.45, 2.75) is 31.7 Å². The van der Waals surface area contributed by atoms with E-state index in [1.54, 1.807) is 0 Å². The number of benzene rings is 1. The Labute approximate surface area is 155 Å². The van der Waals surface area contributed by atoms with Gasteiger partial charge in [-0.05, 0) is 25.3 Å². The Morgan fingerprint density at radius 3 is 2.46 bits per heavy atom. The molecule has 0 radical (unpaired) electrons. The summed E-state index contributed by atoms with van der Waals surface area (Å²) in [5, 5.41) is 0. The largest absolute Gasteiger partial charge is 0.372 e. The highest BCUT2D eigenvalue weighted by molar-refractivity contribution is 5.81. The van der Waals surface area contributed by atoms with Crippen LogP contribution in [-0.4, -0.2) is 67.0 Å². The number of carbonyl (C=O) groups is 2. The molecule has 2 heterocycles. The van der Waals surface area contributed by atoms with E-state index < -0.39 is 0 Å². The van der Waals surface area contributed by atoms with Gasteiger partial charge in [-0.2, -0.15) is 0 Å². The van der Waals surface area contributed by atoms with Gasteiger partial charge < -0.3 is 20.3 Å². The molecule has 2 aliphatic heterocycles. The summed E-state index contributed by atoms with van der Waals surface area (Å²) >= 11 is 0. The third-order valence-corrected chi connectivity index (χ3v) is 5.53. The van der Waals surface area contributed by atoms with E-state index in [1.165, 1.54) is 5.56 Å². The lowest BCUT2D eigenvalue weighted by molar-refractivity contribution is -0.142. The number of hydrogen-bond donors (Lipinski definition) is 1. The SMILES string of the molecule is CCOCC(=O)N1CCC(C(=O)N2CC(N)C(c3ccccc3)C2)CC1. The maximum absolute atomic E-state index is 12.9. The van der Waals surface area contributed by atoms with E-state index in [9.17, 15) is 9.59 Å². The average Bonchev–Trinajstić information content (AvgIpc) is 3.08. The first kappa shape index (κ1) is 18.9. The van der Waals surface area contributed by atoms with Crippen LogP contribution in [0.25, 0.3) is 0 Å². The predicted octanol–water partition coefficient (Wildman–Crippen LogP) is 1.21. The highest BCUT2D eigenvalue weighted by Gasteiger charge is 2.37. The molecule has 3 rings (SSSR count). The predicted molar refractivity (Wildman–Crippen MR) is 99.5 cm³/mol. The molecule has 0 aliphatic carbocycles. The summed E-state index contributed by atoms with van der Waals surface area (Å²) in [6.07, 6.45) is 1.44. The first-order valence-electron chi connectivity index (χ1n) is 9.55. The van der Waals surface area contributed by atoms with Crippen LogP contribution in [-0.2, 0) is 14.3 Å². The third-order valence-electron chi connectivity index (χ3n) is 5.53. The summed E-state index contributed by atoms with van der Waals surface area (Å²) in [5.41, 5.74) is 7.52. The van der Waals surface area contributed by atoms with Crippen LogP contribution in [0.1, 0.15) is 31.2 Å². The summed E-state index contributed by atoms with van der Waals surface area (Å²) < 4.78 is 5.19. The van der Waals surface area contributed by atoms with Crippen molar-refractivity contribution in [3.8, 4) is 0 Å². The molecule has 1 aromatic rings. The quantitative estimate of drug-likeness (QED) is 0.858. The molecule has 2 fully saturated rings. The van der Waals surface area contributed by atoms with Gasteiger partial charge in [-0.3, -0.25) is 9.59 Å². The van der Waals surface area contributed by atoms with Gasteiger partial charge in [0, 0.05) is 50.7 Å². The fraction of sp³-hybridized carbons (Fsp3) is 0.600. The molecule has 6 nitrogen and oxygen atoms in total. The number of piperidine rings is 1. The molecule has 2 aliphatic rings. The van der Waals surface area contributed by atoms with Crippen LogP contribution >= 0.6 is 0 Å². The number of amides is 2. The lowest BCUT2D eigenvalue weighted by Gasteiger charge is -2.33. The molecule has 0 saturated carbocycles. The zero-order chi connectivity index (χ0) is 18.5. The second-order valence-corrected chi connectivity index (χ2v) is 7.22. The Hall–Kier alpha value is -1.92. The van der Waals surface area contributed by atoms with E-state index in [1.807, 2.05) is 34.9 Å². The van der Waals surface area contributed by atoms with Gasteiger partial charge in [0.2, 0.25) is 11.8 Å². The molecule has 2 saturated heterocycles. The molecule has 6 heteroatoms. The van der Waals surface area contributed by atoms with Crippen molar-refractivity contribution in [1.29, 1.82) is 0 Å². The molecule has 0 spiro atoms. The minimum atomic E-state index is -0.0193. The normalized spacial score (nSPS) is 24.1. The highest BCUT2D eigenvalue weighted by Crippen LogP contribution is 2.29. The molecule has 2 unspecified atom stereocenters. The first-order chi connectivity index (χ1) is 12.6. The number of rotatable bonds is 5. The van der Waals surface area contributed by atoms with Gasteiger partial charge in [0.1, 0.15) is 6.61 Å². The summed E-state index contributed by atoms with van der Waals surface area (Å²) in [6, 6.07) is 10.2. The molecule has 26 heavy (non-hydrogen) atoms. The summed E-state index contributed by atoms with van der Waals surface area (Å²) in [6.45, 7) is 5.11. The molecule has 2 N–H and O–H groups in total. The van der Waals surface area contributed by atoms with E-state index in [2.05, 4.69) is 12.1 Å². The second-order valence-electron chi connectivity index (χ2n) is 7.22. The zero-order valence-electron chi connectivity index (χ0n) is 15.5. The second kappa shape index (κ2) is 8.64. The number of nitrogens with zero attached hydrogens (tertiary/aromatic N) is 2. The van der Waals surface area contributed by atoms with Gasteiger partial charge in [-0.15, -0.1) is 0 Å². The van der Waals surface area contributed by atoms with Gasteiger partial charge in [0.15, 0.2) is 0 Å². The van der Waals surface area contributed by atoms with Crippen LogP contribution in [0.3, 0.4) is 0 Å². The van der Waals surface area contributed by atoms with E-state index in [4.69, 9.17) is 10.5 Å². The van der Waals surface area contributed by atoms with Crippen LogP contribution in [0.15, 0.2) is 30.3 Å². The molecular weight excluding hydrogens is 330 g/mol. The van der Waals surface area contributed by atoms with E-state index >= 15 is 0 Å². The van der Waals surface area contributed by atoms with Crippen molar-refractivity contribution in [2.75, 3.05) is 39.4 Å². The van der Waals surface area contributed by atoms with Gasteiger partial charge in [0.25, 0.3) is 0 Å². The molecule has 1 aromatic carbocycles. The van der Waals surface area contributed by atoms with Crippen LogP contribution in [0.2, 0.25) is 0 Å². The number of carbonyl (C=O) groups excluding carboxylic acids is 2. The lowest BCUT2D eigenvalue weighted by atomic mass is 9.94. The Balaban J connectivity index is 1.52. The van der Waals surface area contributed by atoms with Crippen LogP contribution < -0.4 is 5.73 Å². The lowest BCUT2D eigenvalue weighted by Crippen LogP contribution is -2.45. The Morgan fingerprint density at radius 1 is 1.12 bits per heavy atom. The van der Waals surface area contributed by atoms with Crippen LogP contribution in [0.5, 0.6) is 0 Å². The Bertz CT molecular complexity index is 614. The van der Waals surface area contributed by atoms with E-state index in [0.717, 1.165) is 12.8 Å². The monoisotopic (exact) mass is 359 g/mol. The van der Waals surface area contributed by atoms with Crippen molar-refractivity contribution < 1.29 is 14.3 Å². The van der Waals surface area contributed by atoms with Crippen molar-refractivity contribution in [3.63, 3.8) is 0 Å². The molecule has 0 bridgehead atoms.